The summed E-state index contributed by atoms with van der Waals surface area (Å²) in [5.41, 5.74) is 3.03. The molecule has 2 aromatic heterocycles. The van der Waals surface area contributed by atoms with E-state index in [0.717, 1.165) is 26.5 Å². The Labute approximate surface area is 114 Å². The highest BCUT2D eigenvalue weighted by atomic mass is 32.1. The summed E-state index contributed by atoms with van der Waals surface area (Å²) >= 11 is 1.66. The van der Waals surface area contributed by atoms with Crippen LogP contribution >= 0.6 is 11.3 Å². The third kappa shape index (κ3) is 2.57. The van der Waals surface area contributed by atoms with Gasteiger partial charge in [0, 0.05) is 24.0 Å². The fourth-order valence-electron chi connectivity index (χ4n) is 1.83. The largest absolute Gasteiger partial charge is 0.395 e. The molecule has 2 heterocycles. The number of aliphatic hydroxyl groups is 1. The molecule has 0 spiro atoms. The number of thiazole rings is 1. The Bertz CT molecular complexity index is 645. The highest BCUT2D eigenvalue weighted by Crippen LogP contribution is 2.30. The Hall–Kier alpha value is -1.98. The van der Waals surface area contributed by atoms with Crippen molar-refractivity contribution in [1.82, 2.24) is 9.97 Å². The van der Waals surface area contributed by atoms with E-state index in [9.17, 15) is 0 Å². The number of hydrogen-bond acceptors (Lipinski definition) is 5. The number of pyridine rings is 1. The van der Waals surface area contributed by atoms with Crippen molar-refractivity contribution in [2.75, 3.05) is 18.5 Å². The molecule has 0 amide bonds. The maximum Gasteiger partial charge on any atom is 0.124 e. The Morgan fingerprint density at radius 2 is 2.00 bits per heavy atom. The molecule has 0 saturated heterocycles. The Kier molecular flexibility index (Phi) is 3.39. The van der Waals surface area contributed by atoms with Crippen molar-refractivity contribution < 1.29 is 5.11 Å². The highest BCUT2D eigenvalue weighted by Gasteiger charge is 2.05. The average molecular weight is 271 g/mol. The van der Waals surface area contributed by atoms with Crippen LogP contribution in [-0.4, -0.2) is 28.2 Å². The van der Waals surface area contributed by atoms with Crippen LogP contribution in [0.2, 0.25) is 0 Å². The number of rotatable bonds is 4. The topological polar surface area (TPSA) is 58.0 Å². The summed E-state index contributed by atoms with van der Waals surface area (Å²) in [6, 6.07) is 10.0. The zero-order chi connectivity index (χ0) is 13.1. The van der Waals surface area contributed by atoms with Gasteiger partial charge < -0.3 is 10.4 Å². The van der Waals surface area contributed by atoms with Crippen LogP contribution in [-0.2, 0) is 0 Å². The van der Waals surface area contributed by atoms with Crippen molar-refractivity contribution in [3.8, 4) is 10.6 Å². The van der Waals surface area contributed by atoms with Gasteiger partial charge in [0.05, 0.1) is 17.5 Å². The SMILES string of the molecule is OCCNc1ccc(-c2nc3cnccc3s2)cc1. The monoisotopic (exact) mass is 271 g/mol. The summed E-state index contributed by atoms with van der Waals surface area (Å²) in [4.78, 5) is 8.65. The third-order valence-corrected chi connectivity index (χ3v) is 3.85. The molecule has 0 bridgehead atoms. The van der Waals surface area contributed by atoms with Crippen LogP contribution in [0, 0.1) is 0 Å². The van der Waals surface area contributed by atoms with Crippen molar-refractivity contribution in [3.05, 3.63) is 42.7 Å². The first-order chi connectivity index (χ1) is 9.36. The van der Waals surface area contributed by atoms with Gasteiger partial charge in [0.15, 0.2) is 0 Å². The van der Waals surface area contributed by atoms with Crippen molar-refractivity contribution in [2.24, 2.45) is 0 Å². The van der Waals surface area contributed by atoms with Gasteiger partial charge in [0.2, 0.25) is 0 Å². The van der Waals surface area contributed by atoms with Gasteiger partial charge in [-0.05, 0) is 30.3 Å². The van der Waals surface area contributed by atoms with Crippen molar-refractivity contribution in [3.63, 3.8) is 0 Å². The molecule has 0 aliphatic heterocycles. The lowest BCUT2D eigenvalue weighted by Crippen LogP contribution is -2.04. The number of nitrogens with one attached hydrogen (secondary N) is 1. The van der Waals surface area contributed by atoms with E-state index in [0.29, 0.717) is 6.54 Å². The molecule has 0 aliphatic carbocycles. The summed E-state index contributed by atoms with van der Waals surface area (Å²) in [6.07, 6.45) is 3.57. The van der Waals surface area contributed by atoms with E-state index in [-0.39, 0.29) is 6.61 Å². The first-order valence-corrected chi connectivity index (χ1v) is 6.84. The second-order valence-corrected chi connectivity index (χ2v) is 5.12. The van der Waals surface area contributed by atoms with E-state index in [2.05, 4.69) is 15.3 Å². The fraction of sp³-hybridized carbons (Fsp3) is 0.143. The summed E-state index contributed by atoms with van der Waals surface area (Å²) in [5, 5.41) is 12.9. The van der Waals surface area contributed by atoms with E-state index in [1.54, 1.807) is 23.7 Å². The van der Waals surface area contributed by atoms with Gasteiger partial charge >= 0.3 is 0 Å². The second kappa shape index (κ2) is 5.34. The fourth-order valence-corrected chi connectivity index (χ4v) is 2.77. The normalized spacial score (nSPS) is 10.8. The van der Waals surface area contributed by atoms with Crippen molar-refractivity contribution in [2.45, 2.75) is 0 Å². The van der Waals surface area contributed by atoms with Gasteiger partial charge in [0.25, 0.3) is 0 Å². The van der Waals surface area contributed by atoms with E-state index in [4.69, 9.17) is 5.11 Å². The molecule has 0 atom stereocenters. The van der Waals surface area contributed by atoms with E-state index in [1.165, 1.54) is 0 Å². The van der Waals surface area contributed by atoms with Crippen LogP contribution < -0.4 is 5.32 Å². The molecular weight excluding hydrogens is 258 g/mol. The van der Waals surface area contributed by atoms with E-state index < -0.39 is 0 Å². The van der Waals surface area contributed by atoms with Crippen LogP contribution in [0.5, 0.6) is 0 Å². The smallest absolute Gasteiger partial charge is 0.124 e. The maximum absolute atomic E-state index is 8.76. The molecule has 3 aromatic rings. The maximum atomic E-state index is 8.76. The van der Waals surface area contributed by atoms with Crippen LogP contribution in [0.4, 0.5) is 5.69 Å². The average Bonchev–Trinajstić information content (AvgIpc) is 2.89. The molecule has 1 aromatic carbocycles. The Morgan fingerprint density at radius 1 is 1.16 bits per heavy atom. The molecule has 0 radical (unpaired) electrons. The van der Waals surface area contributed by atoms with E-state index in [1.807, 2.05) is 30.3 Å². The summed E-state index contributed by atoms with van der Waals surface area (Å²) < 4.78 is 1.15. The minimum Gasteiger partial charge on any atom is -0.395 e. The van der Waals surface area contributed by atoms with E-state index >= 15 is 0 Å². The minimum absolute atomic E-state index is 0.132. The quantitative estimate of drug-likeness (QED) is 0.766. The van der Waals surface area contributed by atoms with Crippen LogP contribution in [0.3, 0.4) is 0 Å². The molecular formula is C14H13N3OS. The molecule has 2 N–H and O–H groups in total. The predicted molar refractivity (Wildman–Crippen MR) is 78.4 cm³/mol. The lowest BCUT2D eigenvalue weighted by atomic mass is 10.2. The second-order valence-electron chi connectivity index (χ2n) is 4.09. The standard InChI is InChI=1S/C14H13N3OS/c18-8-7-16-11-3-1-10(2-4-11)14-17-12-9-15-6-5-13(12)19-14/h1-6,9,16,18H,7-8H2. The first-order valence-electron chi connectivity index (χ1n) is 6.02. The predicted octanol–water partition coefficient (Wildman–Crippen LogP) is 2.76. The van der Waals surface area contributed by atoms with Crippen LogP contribution in [0.25, 0.3) is 20.8 Å². The molecule has 19 heavy (non-hydrogen) atoms. The number of hydrogen-bond donors (Lipinski definition) is 2. The number of aliphatic hydroxyl groups excluding tert-OH is 1. The summed E-state index contributed by atoms with van der Waals surface area (Å²) in [5.74, 6) is 0. The number of nitrogens with zero attached hydrogens (tertiary/aromatic N) is 2. The lowest BCUT2D eigenvalue weighted by molar-refractivity contribution is 0.311. The summed E-state index contributed by atoms with van der Waals surface area (Å²) in [7, 11) is 0. The molecule has 3 rings (SSSR count). The lowest BCUT2D eigenvalue weighted by Gasteiger charge is -2.04. The van der Waals surface area contributed by atoms with Crippen LogP contribution in [0.1, 0.15) is 0 Å². The molecule has 4 nitrogen and oxygen atoms in total. The zero-order valence-electron chi connectivity index (χ0n) is 10.2. The van der Waals surface area contributed by atoms with Gasteiger partial charge in [-0.15, -0.1) is 11.3 Å². The minimum atomic E-state index is 0.132. The number of anilines is 1. The highest BCUT2D eigenvalue weighted by molar-refractivity contribution is 7.21. The first kappa shape index (κ1) is 12.1. The molecule has 0 saturated carbocycles. The Balaban J connectivity index is 1.88. The van der Waals surface area contributed by atoms with Gasteiger partial charge in [-0.2, -0.15) is 0 Å². The molecule has 0 fully saturated rings. The molecule has 0 aliphatic rings. The molecule has 96 valence electrons. The third-order valence-electron chi connectivity index (χ3n) is 2.76. The zero-order valence-corrected chi connectivity index (χ0v) is 11.0. The summed E-state index contributed by atoms with van der Waals surface area (Å²) in [6.45, 7) is 0.693. The number of aromatic nitrogens is 2. The Morgan fingerprint density at radius 3 is 2.74 bits per heavy atom. The molecule has 5 heteroatoms. The van der Waals surface area contributed by atoms with Crippen LogP contribution in [0.15, 0.2) is 42.7 Å². The van der Waals surface area contributed by atoms with Gasteiger partial charge in [0.1, 0.15) is 10.5 Å². The van der Waals surface area contributed by atoms with Crippen molar-refractivity contribution >= 4 is 27.2 Å². The number of benzene rings is 1. The van der Waals surface area contributed by atoms with Gasteiger partial charge in [-0.1, -0.05) is 0 Å². The van der Waals surface area contributed by atoms with Crippen molar-refractivity contribution in [1.29, 1.82) is 0 Å². The van der Waals surface area contributed by atoms with Gasteiger partial charge in [-0.3, -0.25) is 4.98 Å². The molecule has 0 unspecified atom stereocenters. The van der Waals surface area contributed by atoms with Gasteiger partial charge in [-0.25, -0.2) is 4.98 Å². The number of fused-ring (bicyclic) bond motifs is 1.